The van der Waals surface area contributed by atoms with E-state index in [0.29, 0.717) is 13.0 Å². The fourth-order valence-corrected chi connectivity index (χ4v) is 1.75. The summed E-state index contributed by atoms with van der Waals surface area (Å²) in [6.07, 6.45) is 0.536. The summed E-state index contributed by atoms with van der Waals surface area (Å²) >= 11 is 3.41. The summed E-state index contributed by atoms with van der Waals surface area (Å²) in [5.41, 5.74) is 1.23. The average Bonchev–Trinajstić information content (AvgIpc) is 2.29. The van der Waals surface area contributed by atoms with Gasteiger partial charge in [-0.1, -0.05) is 28.1 Å². The predicted octanol–water partition coefficient (Wildman–Crippen LogP) is 2.58. The van der Waals surface area contributed by atoms with Gasteiger partial charge in [-0.2, -0.15) is 0 Å². The molecule has 17 heavy (non-hydrogen) atoms. The van der Waals surface area contributed by atoms with Crippen molar-refractivity contribution in [1.29, 1.82) is 0 Å². The highest BCUT2D eigenvalue weighted by Crippen LogP contribution is 2.16. The molecule has 0 aliphatic carbocycles. The summed E-state index contributed by atoms with van der Waals surface area (Å²) in [4.78, 5) is 13.0. The molecule has 0 unspecified atom stereocenters. The molecule has 1 rings (SSSR count). The zero-order valence-corrected chi connectivity index (χ0v) is 12.1. The summed E-state index contributed by atoms with van der Waals surface area (Å²) in [6.45, 7) is 2.80. The molecule has 0 heterocycles. The van der Waals surface area contributed by atoms with E-state index < -0.39 is 0 Å². The minimum absolute atomic E-state index is 0.153. The second-order valence-corrected chi connectivity index (χ2v) is 5.18. The van der Waals surface area contributed by atoms with Crippen LogP contribution in [0.5, 0.6) is 0 Å². The van der Waals surface area contributed by atoms with Crippen molar-refractivity contribution in [2.75, 3.05) is 20.6 Å². The Balaban J connectivity index is 2.37. The van der Waals surface area contributed by atoms with Crippen LogP contribution in [0, 0.1) is 0 Å². The van der Waals surface area contributed by atoms with Crippen molar-refractivity contribution >= 4 is 21.8 Å². The molecule has 4 heteroatoms. The number of rotatable bonds is 5. The third kappa shape index (κ3) is 4.88. The third-order valence-corrected chi connectivity index (χ3v) is 3.19. The van der Waals surface area contributed by atoms with E-state index in [-0.39, 0.29) is 11.9 Å². The van der Waals surface area contributed by atoms with Gasteiger partial charge in [-0.05, 0) is 24.6 Å². The fraction of sp³-hybridized carbons (Fsp3) is 0.462. The first-order valence-electron chi connectivity index (χ1n) is 5.69. The molecule has 0 radical (unpaired) electrons. The van der Waals surface area contributed by atoms with Gasteiger partial charge in [0, 0.05) is 37.6 Å². The van der Waals surface area contributed by atoms with Gasteiger partial charge in [0.15, 0.2) is 0 Å². The van der Waals surface area contributed by atoms with Crippen molar-refractivity contribution in [2.45, 2.75) is 19.4 Å². The van der Waals surface area contributed by atoms with Crippen LogP contribution in [-0.2, 0) is 4.79 Å². The van der Waals surface area contributed by atoms with Gasteiger partial charge in [-0.15, -0.1) is 0 Å². The van der Waals surface area contributed by atoms with Crippen molar-refractivity contribution < 1.29 is 4.79 Å². The van der Waals surface area contributed by atoms with Crippen LogP contribution < -0.4 is 5.32 Å². The standard InChI is InChI=1S/C13H19BrN2O/c1-10(11-4-6-12(14)7-5-11)15-9-8-13(17)16(2)3/h4-7,10,15H,8-9H2,1-3H3/t10-/m1/s1. The van der Waals surface area contributed by atoms with Crippen molar-refractivity contribution in [3.8, 4) is 0 Å². The Morgan fingerprint density at radius 3 is 2.47 bits per heavy atom. The Morgan fingerprint density at radius 2 is 1.94 bits per heavy atom. The first-order chi connectivity index (χ1) is 8.00. The lowest BCUT2D eigenvalue weighted by Crippen LogP contribution is -2.28. The molecule has 1 aromatic carbocycles. The smallest absolute Gasteiger partial charge is 0.223 e. The van der Waals surface area contributed by atoms with Crippen molar-refractivity contribution in [1.82, 2.24) is 10.2 Å². The summed E-state index contributed by atoms with van der Waals surface area (Å²) < 4.78 is 1.08. The number of carbonyl (C=O) groups is 1. The second-order valence-electron chi connectivity index (χ2n) is 4.27. The highest BCUT2D eigenvalue weighted by atomic mass is 79.9. The maximum absolute atomic E-state index is 11.4. The largest absolute Gasteiger partial charge is 0.349 e. The summed E-state index contributed by atoms with van der Waals surface area (Å²) in [5, 5.41) is 3.34. The highest BCUT2D eigenvalue weighted by Gasteiger charge is 2.07. The molecule has 94 valence electrons. The van der Waals surface area contributed by atoms with Gasteiger partial charge in [0.25, 0.3) is 0 Å². The van der Waals surface area contributed by atoms with Gasteiger partial charge in [0.05, 0.1) is 0 Å². The number of benzene rings is 1. The minimum Gasteiger partial charge on any atom is -0.349 e. The zero-order valence-electron chi connectivity index (χ0n) is 10.5. The van der Waals surface area contributed by atoms with Gasteiger partial charge in [0.2, 0.25) is 5.91 Å². The molecule has 1 atom stereocenters. The van der Waals surface area contributed by atoms with Crippen LogP contribution in [0.3, 0.4) is 0 Å². The van der Waals surface area contributed by atoms with Gasteiger partial charge < -0.3 is 10.2 Å². The lowest BCUT2D eigenvalue weighted by molar-refractivity contribution is -0.128. The molecule has 1 amide bonds. The van der Waals surface area contributed by atoms with Gasteiger partial charge in [-0.25, -0.2) is 0 Å². The number of nitrogens with one attached hydrogen (secondary N) is 1. The van der Waals surface area contributed by atoms with Gasteiger partial charge >= 0.3 is 0 Å². The Labute approximate surface area is 111 Å². The SMILES string of the molecule is C[C@@H](NCCC(=O)N(C)C)c1ccc(Br)cc1. The quantitative estimate of drug-likeness (QED) is 0.906. The second kappa shape index (κ2) is 6.77. The van der Waals surface area contributed by atoms with Crippen LogP contribution in [0.4, 0.5) is 0 Å². The highest BCUT2D eigenvalue weighted by molar-refractivity contribution is 9.10. The Bertz CT molecular complexity index is 362. The van der Waals surface area contributed by atoms with E-state index in [1.54, 1.807) is 19.0 Å². The Morgan fingerprint density at radius 1 is 1.35 bits per heavy atom. The topological polar surface area (TPSA) is 32.3 Å². The molecule has 0 aliphatic rings. The van der Waals surface area contributed by atoms with E-state index in [9.17, 15) is 4.79 Å². The lowest BCUT2D eigenvalue weighted by atomic mass is 10.1. The molecule has 0 aliphatic heterocycles. The molecule has 3 nitrogen and oxygen atoms in total. The number of amides is 1. The van der Waals surface area contributed by atoms with Gasteiger partial charge in [0.1, 0.15) is 0 Å². The molecule has 0 fully saturated rings. The first kappa shape index (κ1) is 14.2. The van der Waals surface area contributed by atoms with Gasteiger partial charge in [-0.3, -0.25) is 4.79 Å². The minimum atomic E-state index is 0.153. The van der Waals surface area contributed by atoms with Crippen molar-refractivity contribution in [3.05, 3.63) is 34.3 Å². The molecular weight excluding hydrogens is 280 g/mol. The number of halogens is 1. The van der Waals surface area contributed by atoms with E-state index in [2.05, 4.69) is 40.3 Å². The normalized spacial score (nSPS) is 12.2. The molecule has 0 bridgehead atoms. The third-order valence-electron chi connectivity index (χ3n) is 2.66. The maximum Gasteiger partial charge on any atom is 0.223 e. The summed E-state index contributed by atoms with van der Waals surface area (Å²) in [6, 6.07) is 8.47. The molecule has 1 N–H and O–H groups in total. The van der Waals surface area contributed by atoms with Crippen LogP contribution in [0.2, 0.25) is 0 Å². The number of carbonyl (C=O) groups excluding carboxylic acids is 1. The maximum atomic E-state index is 11.4. The number of nitrogens with zero attached hydrogens (tertiary/aromatic N) is 1. The van der Waals surface area contributed by atoms with Crippen LogP contribution in [0.15, 0.2) is 28.7 Å². The predicted molar refractivity (Wildman–Crippen MR) is 73.9 cm³/mol. The van der Waals surface area contributed by atoms with E-state index in [1.165, 1.54) is 5.56 Å². The van der Waals surface area contributed by atoms with E-state index in [1.807, 2.05) is 12.1 Å². The Hall–Kier alpha value is -0.870. The van der Waals surface area contributed by atoms with E-state index in [4.69, 9.17) is 0 Å². The van der Waals surface area contributed by atoms with Crippen molar-refractivity contribution in [3.63, 3.8) is 0 Å². The first-order valence-corrected chi connectivity index (χ1v) is 6.49. The monoisotopic (exact) mass is 298 g/mol. The van der Waals surface area contributed by atoms with Crippen LogP contribution >= 0.6 is 15.9 Å². The van der Waals surface area contributed by atoms with Crippen LogP contribution in [0.1, 0.15) is 24.9 Å². The van der Waals surface area contributed by atoms with Crippen molar-refractivity contribution in [2.24, 2.45) is 0 Å². The number of hydrogen-bond acceptors (Lipinski definition) is 2. The van der Waals surface area contributed by atoms with Crippen LogP contribution in [-0.4, -0.2) is 31.4 Å². The summed E-state index contributed by atoms with van der Waals surface area (Å²) in [5.74, 6) is 0.153. The molecule has 0 spiro atoms. The molecule has 0 saturated heterocycles. The summed E-state index contributed by atoms with van der Waals surface area (Å²) in [7, 11) is 3.56. The lowest BCUT2D eigenvalue weighted by Gasteiger charge is -2.15. The Kier molecular flexibility index (Phi) is 5.65. The average molecular weight is 299 g/mol. The molecule has 1 aromatic rings. The van der Waals surface area contributed by atoms with E-state index >= 15 is 0 Å². The molecule has 0 saturated carbocycles. The molecular formula is C13H19BrN2O. The zero-order chi connectivity index (χ0) is 12.8. The van der Waals surface area contributed by atoms with Crippen LogP contribution in [0.25, 0.3) is 0 Å². The number of hydrogen-bond donors (Lipinski definition) is 1. The molecule has 0 aromatic heterocycles. The van der Waals surface area contributed by atoms with E-state index in [0.717, 1.165) is 4.47 Å². The fourth-order valence-electron chi connectivity index (χ4n) is 1.49.